The predicted octanol–water partition coefficient (Wildman–Crippen LogP) is 4.57. The van der Waals surface area contributed by atoms with E-state index in [-0.39, 0.29) is 5.56 Å². The van der Waals surface area contributed by atoms with Gasteiger partial charge < -0.3 is 9.47 Å². The Kier molecular flexibility index (Phi) is 5.72. The zero-order valence-corrected chi connectivity index (χ0v) is 21.2. The third-order valence-electron chi connectivity index (χ3n) is 6.06. The molecule has 0 atom stereocenters. The summed E-state index contributed by atoms with van der Waals surface area (Å²) in [5.41, 5.74) is 4.24. The lowest BCUT2D eigenvalue weighted by Gasteiger charge is -2.11. The molecule has 37 heavy (non-hydrogen) atoms. The molecule has 4 aromatic heterocycles. The predicted molar refractivity (Wildman–Crippen MR) is 143 cm³/mol. The first-order chi connectivity index (χ1) is 18.1. The molecule has 0 spiro atoms. The molecule has 0 unspecified atom stereocenters. The summed E-state index contributed by atoms with van der Waals surface area (Å²) in [4.78, 5) is 27.2. The third-order valence-corrected chi connectivity index (χ3v) is 7.02. The highest BCUT2D eigenvalue weighted by molar-refractivity contribution is 7.98. The van der Waals surface area contributed by atoms with E-state index in [4.69, 9.17) is 24.5 Å². The summed E-state index contributed by atoms with van der Waals surface area (Å²) in [5, 5.41) is 6.19. The summed E-state index contributed by atoms with van der Waals surface area (Å²) in [5.74, 6) is 2.18. The van der Waals surface area contributed by atoms with Gasteiger partial charge in [-0.2, -0.15) is 4.52 Å². The highest BCUT2D eigenvalue weighted by Crippen LogP contribution is 2.35. The molecule has 4 heterocycles. The molecule has 0 N–H and O–H groups in total. The Balaban J connectivity index is 1.49. The van der Waals surface area contributed by atoms with Crippen LogP contribution in [-0.4, -0.2) is 43.2 Å². The SMILES string of the molecule is COc1cc2nc(SCc3cc(=O)n4c(C)cccc4n3)n3nc(-c4ccccc4)nc3c2cc1OC. The summed E-state index contributed by atoms with van der Waals surface area (Å²) in [7, 11) is 3.19. The van der Waals surface area contributed by atoms with Crippen LogP contribution in [0, 0.1) is 6.92 Å². The second-order valence-corrected chi connectivity index (χ2v) is 9.33. The summed E-state index contributed by atoms with van der Waals surface area (Å²) < 4.78 is 14.4. The third kappa shape index (κ3) is 4.05. The summed E-state index contributed by atoms with van der Waals surface area (Å²) >= 11 is 1.44. The molecule has 0 aliphatic rings. The number of fused-ring (bicyclic) bond motifs is 4. The molecule has 2 aromatic carbocycles. The van der Waals surface area contributed by atoms with E-state index in [2.05, 4.69) is 4.98 Å². The zero-order valence-electron chi connectivity index (χ0n) is 20.4. The molecule has 0 radical (unpaired) electrons. The molecule has 6 rings (SSSR count). The van der Waals surface area contributed by atoms with Crippen molar-refractivity contribution in [2.45, 2.75) is 17.8 Å². The maximum atomic E-state index is 12.8. The summed E-state index contributed by atoms with van der Waals surface area (Å²) in [6.45, 7) is 1.89. The molecule has 0 saturated carbocycles. The number of methoxy groups -OCH3 is 2. The van der Waals surface area contributed by atoms with Crippen molar-refractivity contribution >= 4 is 34.0 Å². The second kappa shape index (κ2) is 9.21. The van der Waals surface area contributed by atoms with Gasteiger partial charge in [-0.3, -0.25) is 9.20 Å². The molecule has 0 aliphatic heterocycles. The van der Waals surface area contributed by atoms with Crippen LogP contribution in [0.4, 0.5) is 0 Å². The molecule has 9 nitrogen and oxygen atoms in total. The lowest BCUT2D eigenvalue weighted by molar-refractivity contribution is 0.355. The van der Waals surface area contributed by atoms with Gasteiger partial charge in [0.05, 0.1) is 25.4 Å². The number of pyridine rings is 1. The van der Waals surface area contributed by atoms with Crippen LogP contribution in [0.5, 0.6) is 11.5 Å². The minimum absolute atomic E-state index is 0.112. The van der Waals surface area contributed by atoms with Crippen LogP contribution in [-0.2, 0) is 5.75 Å². The van der Waals surface area contributed by atoms with Gasteiger partial charge in [0.2, 0.25) is 0 Å². The Bertz CT molecular complexity index is 1850. The fraction of sp³-hybridized carbons (Fsp3) is 0.148. The van der Waals surface area contributed by atoms with Gasteiger partial charge in [-0.25, -0.2) is 15.0 Å². The number of rotatable bonds is 6. The monoisotopic (exact) mass is 510 g/mol. The van der Waals surface area contributed by atoms with Gasteiger partial charge >= 0.3 is 0 Å². The molecule has 0 fully saturated rings. The van der Waals surface area contributed by atoms with Crippen molar-refractivity contribution in [3.63, 3.8) is 0 Å². The summed E-state index contributed by atoms with van der Waals surface area (Å²) in [6, 6.07) is 20.7. The lowest BCUT2D eigenvalue weighted by atomic mass is 10.2. The van der Waals surface area contributed by atoms with E-state index < -0.39 is 0 Å². The largest absolute Gasteiger partial charge is 0.493 e. The maximum absolute atomic E-state index is 12.8. The number of benzene rings is 2. The Labute approximate surface area is 215 Å². The van der Waals surface area contributed by atoms with Gasteiger partial charge in [0.15, 0.2) is 28.1 Å². The Morgan fingerprint density at radius 2 is 1.68 bits per heavy atom. The first-order valence-electron chi connectivity index (χ1n) is 11.5. The molecule has 6 aromatic rings. The van der Waals surface area contributed by atoms with Crippen molar-refractivity contribution < 1.29 is 9.47 Å². The highest BCUT2D eigenvalue weighted by Gasteiger charge is 2.18. The van der Waals surface area contributed by atoms with Gasteiger partial charge in [0.1, 0.15) is 5.65 Å². The fourth-order valence-corrected chi connectivity index (χ4v) is 5.13. The Morgan fingerprint density at radius 1 is 0.892 bits per heavy atom. The van der Waals surface area contributed by atoms with Gasteiger partial charge in [0.25, 0.3) is 5.56 Å². The molecule has 0 bridgehead atoms. The smallest absolute Gasteiger partial charge is 0.258 e. The highest BCUT2D eigenvalue weighted by atomic mass is 32.2. The average molecular weight is 511 g/mol. The molecule has 0 saturated heterocycles. The van der Waals surface area contributed by atoms with Crippen molar-refractivity contribution in [2.75, 3.05) is 14.2 Å². The first-order valence-corrected chi connectivity index (χ1v) is 12.5. The van der Waals surface area contributed by atoms with Crippen molar-refractivity contribution in [3.8, 4) is 22.9 Å². The summed E-state index contributed by atoms with van der Waals surface area (Å²) in [6.07, 6.45) is 0. The average Bonchev–Trinajstić information content (AvgIpc) is 3.37. The first kappa shape index (κ1) is 23.0. The van der Waals surface area contributed by atoms with Gasteiger partial charge in [-0.1, -0.05) is 48.2 Å². The quantitative estimate of drug-likeness (QED) is 0.238. The molecule has 10 heteroatoms. The minimum atomic E-state index is -0.112. The number of ether oxygens (including phenoxy) is 2. The van der Waals surface area contributed by atoms with E-state index in [0.717, 1.165) is 16.6 Å². The van der Waals surface area contributed by atoms with Gasteiger partial charge in [0, 0.05) is 34.5 Å². The van der Waals surface area contributed by atoms with Gasteiger partial charge in [-0.05, 0) is 25.1 Å². The van der Waals surface area contributed by atoms with Crippen LogP contribution in [0.15, 0.2) is 76.7 Å². The Morgan fingerprint density at radius 3 is 2.46 bits per heavy atom. The van der Waals surface area contributed by atoms with Crippen LogP contribution >= 0.6 is 11.8 Å². The van der Waals surface area contributed by atoms with E-state index in [9.17, 15) is 4.79 Å². The maximum Gasteiger partial charge on any atom is 0.258 e. The molecular formula is C27H22N6O3S. The second-order valence-electron chi connectivity index (χ2n) is 8.39. The van der Waals surface area contributed by atoms with Crippen molar-refractivity contribution in [2.24, 2.45) is 0 Å². The van der Waals surface area contributed by atoms with Crippen LogP contribution < -0.4 is 15.0 Å². The van der Waals surface area contributed by atoms with E-state index in [1.165, 1.54) is 11.8 Å². The van der Waals surface area contributed by atoms with E-state index >= 15 is 0 Å². The molecule has 184 valence electrons. The lowest BCUT2D eigenvalue weighted by Crippen LogP contribution is -2.17. The molecule has 0 aliphatic carbocycles. The van der Waals surface area contributed by atoms with E-state index in [0.29, 0.717) is 50.7 Å². The van der Waals surface area contributed by atoms with Crippen LogP contribution in [0.1, 0.15) is 11.4 Å². The Hall–Kier alpha value is -4.44. The van der Waals surface area contributed by atoms with Crippen LogP contribution in [0.3, 0.4) is 0 Å². The van der Waals surface area contributed by atoms with E-state index in [1.807, 2.05) is 67.6 Å². The topological polar surface area (TPSA) is 95.9 Å². The number of hydrogen-bond donors (Lipinski definition) is 0. The normalized spacial score (nSPS) is 11.4. The minimum Gasteiger partial charge on any atom is -0.493 e. The van der Waals surface area contributed by atoms with E-state index in [1.54, 1.807) is 29.2 Å². The van der Waals surface area contributed by atoms with Crippen molar-refractivity contribution in [3.05, 3.63) is 88.5 Å². The molecular weight excluding hydrogens is 488 g/mol. The van der Waals surface area contributed by atoms with Crippen LogP contribution in [0.25, 0.3) is 33.6 Å². The van der Waals surface area contributed by atoms with Gasteiger partial charge in [-0.15, -0.1) is 5.10 Å². The number of nitrogens with zero attached hydrogens (tertiary/aromatic N) is 6. The standard InChI is InChI=1S/C27H22N6O3S/c1-16-8-7-11-23-28-18(12-24(34)32(16)23)15-37-27-29-20-14-22(36-3)21(35-2)13-19(20)26-30-25(31-33(26)27)17-9-5-4-6-10-17/h4-14H,15H2,1-3H3. The zero-order chi connectivity index (χ0) is 25.5. The van der Waals surface area contributed by atoms with Crippen molar-refractivity contribution in [1.29, 1.82) is 0 Å². The fourth-order valence-electron chi connectivity index (χ4n) is 4.29. The van der Waals surface area contributed by atoms with Crippen LogP contribution in [0.2, 0.25) is 0 Å². The number of aryl methyl sites for hydroxylation is 1. The molecule has 0 amide bonds. The number of hydrogen-bond acceptors (Lipinski definition) is 8. The number of thioether (sulfide) groups is 1. The van der Waals surface area contributed by atoms with Crippen molar-refractivity contribution in [1.82, 2.24) is 29.0 Å². The number of aromatic nitrogens is 6.